The molecule has 0 atom stereocenters. The lowest BCUT2D eigenvalue weighted by Gasteiger charge is -2.09. The third-order valence-electron chi connectivity index (χ3n) is 4.01. The van der Waals surface area contributed by atoms with E-state index in [1.165, 1.54) is 19.6 Å². The SMILES string of the molecule is COc1cc(C(=O)Nc2ccc(Nc3cc(-n4cccn4)ncn3)cc2)ccn1. The highest BCUT2D eigenvalue weighted by Crippen LogP contribution is 2.19. The van der Waals surface area contributed by atoms with Crippen LogP contribution in [0, 0.1) is 0 Å². The average Bonchev–Trinajstić information content (AvgIpc) is 3.30. The number of nitrogens with zero attached hydrogens (tertiary/aromatic N) is 5. The van der Waals surface area contributed by atoms with Crippen LogP contribution < -0.4 is 15.4 Å². The fraction of sp³-hybridized carbons (Fsp3) is 0.0500. The van der Waals surface area contributed by atoms with Crippen molar-refractivity contribution < 1.29 is 9.53 Å². The maximum atomic E-state index is 12.4. The highest BCUT2D eigenvalue weighted by Gasteiger charge is 2.08. The molecule has 0 spiro atoms. The Morgan fingerprint density at radius 1 is 1.00 bits per heavy atom. The van der Waals surface area contributed by atoms with Crippen molar-refractivity contribution in [1.82, 2.24) is 24.7 Å². The zero-order valence-electron chi connectivity index (χ0n) is 15.5. The van der Waals surface area contributed by atoms with Gasteiger partial charge in [-0.15, -0.1) is 0 Å². The largest absolute Gasteiger partial charge is 0.481 e. The van der Waals surface area contributed by atoms with E-state index in [-0.39, 0.29) is 5.91 Å². The molecule has 0 saturated heterocycles. The van der Waals surface area contributed by atoms with Gasteiger partial charge in [-0.25, -0.2) is 19.6 Å². The molecule has 0 bridgehead atoms. The zero-order valence-corrected chi connectivity index (χ0v) is 15.5. The predicted octanol–water partition coefficient (Wildman–Crippen LogP) is 3.06. The summed E-state index contributed by atoms with van der Waals surface area (Å²) in [4.78, 5) is 24.8. The second-order valence-electron chi connectivity index (χ2n) is 5.96. The van der Waals surface area contributed by atoms with Gasteiger partial charge in [-0.1, -0.05) is 0 Å². The standard InChI is InChI=1S/C20H17N7O2/c1-29-19-11-14(7-9-21-19)20(28)26-16-5-3-15(4-6-16)25-17-12-18(23-13-22-17)27-10-2-8-24-27/h2-13H,1H3,(H,26,28)(H,22,23,25). The number of hydrogen-bond acceptors (Lipinski definition) is 7. The Morgan fingerprint density at radius 2 is 1.83 bits per heavy atom. The zero-order chi connectivity index (χ0) is 20.1. The summed E-state index contributed by atoms with van der Waals surface area (Å²) in [6.45, 7) is 0. The Balaban J connectivity index is 1.43. The van der Waals surface area contributed by atoms with Gasteiger partial charge in [0, 0.05) is 47.7 Å². The van der Waals surface area contributed by atoms with Gasteiger partial charge in [0.15, 0.2) is 5.82 Å². The van der Waals surface area contributed by atoms with E-state index >= 15 is 0 Å². The lowest BCUT2D eigenvalue weighted by atomic mass is 10.2. The van der Waals surface area contributed by atoms with Crippen molar-refractivity contribution >= 4 is 23.1 Å². The van der Waals surface area contributed by atoms with Crippen molar-refractivity contribution in [1.29, 1.82) is 0 Å². The van der Waals surface area contributed by atoms with Crippen LogP contribution in [0.1, 0.15) is 10.4 Å². The summed E-state index contributed by atoms with van der Waals surface area (Å²) in [6, 6.07) is 14.1. The monoisotopic (exact) mass is 387 g/mol. The minimum absolute atomic E-state index is 0.244. The normalized spacial score (nSPS) is 10.4. The number of carbonyl (C=O) groups is 1. The van der Waals surface area contributed by atoms with Crippen LogP contribution in [-0.2, 0) is 0 Å². The average molecular weight is 387 g/mol. The molecular weight excluding hydrogens is 370 g/mol. The second-order valence-corrected chi connectivity index (χ2v) is 5.96. The number of rotatable bonds is 6. The Morgan fingerprint density at radius 3 is 2.59 bits per heavy atom. The third kappa shape index (κ3) is 4.35. The summed E-state index contributed by atoms with van der Waals surface area (Å²) in [5, 5.41) is 10.2. The number of hydrogen-bond donors (Lipinski definition) is 2. The van der Waals surface area contributed by atoms with Gasteiger partial charge >= 0.3 is 0 Å². The summed E-state index contributed by atoms with van der Waals surface area (Å²) in [6.07, 6.45) is 6.49. The number of benzene rings is 1. The van der Waals surface area contributed by atoms with E-state index in [9.17, 15) is 4.79 Å². The lowest BCUT2D eigenvalue weighted by molar-refractivity contribution is 0.102. The maximum Gasteiger partial charge on any atom is 0.255 e. The number of ether oxygens (including phenoxy) is 1. The van der Waals surface area contributed by atoms with Crippen molar-refractivity contribution in [2.24, 2.45) is 0 Å². The van der Waals surface area contributed by atoms with E-state index in [2.05, 4.69) is 30.7 Å². The quantitative estimate of drug-likeness (QED) is 0.523. The van der Waals surface area contributed by atoms with Crippen molar-refractivity contribution in [2.45, 2.75) is 0 Å². The number of methoxy groups -OCH3 is 1. The molecule has 9 heteroatoms. The van der Waals surface area contributed by atoms with Gasteiger partial charge in [0.25, 0.3) is 5.91 Å². The third-order valence-corrected chi connectivity index (χ3v) is 4.01. The fourth-order valence-electron chi connectivity index (χ4n) is 2.60. The first-order valence-corrected chi connectivity index (χ1v) is 8.72. The first-order valence-electron chi connectivity index (χ1n) is 8.72. The Kier molecular flexibility index (Phi) is 5.10. The van der Waals surface area contributed by atoms with Gasteiger partial charge in [-0.2, -0.15) is 5.10 Å². The Hall–Kier alpha value is -4.27. The fourth-order valence-corrected chi connectivity index (χ4v) is 2.60. The van der Waals surface area contributed by atoms with E-state index in [4.69, 9.17) is 4.74 Å². The van der Waals surface area contributed by atoms with Crippen LogP contribution >= 0.6 is 0 Å². The van der Waals surface area contributed by atoms with E-state index in [0.29, 0.717) is 28.8 Å². The van der Waals surface area contributed by atoms with E-state index in [1.54, 1.807) is 41.2 Å². The summed E-state index contributed by atoms with van der Waals surface area (Å²) in [5.41, 5.74) is 1.95. The molecule has 0 aliphatic rings. The summed E-state index contributed by atoms with van der Waals surface area (Å²) < 4.78 is 6.70. The molecule has 0 unspecified atom stereocenters. The number of anilines is 3. The summed E-state index contributed by atoms with van der Waals surface area (Å²) >= 11 is 0. The first-order chi connectivity index (χ1) is 14.2. The van der Waals surface area contributed by atoms with Gasteiger partial charge in [-0.3, -0.25) is 4.79 Å². The van der Waals surface area contributed by atoms with Gasteiger partial charge in [-0.05, 0) is 36.4 Å². The van der Waals surface area contributed by atoms with Crippen LogP contribution in [0.5, 0.6) is 5.88 Å². The summed E-state index contributed by atoms with van der Waals surface area (Å²) in [7, 11) is 1.51. The molecule has 0 radical (unpaired) electrons. The Bertz CT molecular complexity index is 1110. The van der Waals surface area contributed by atoms with Gasteiger partial charge in [0.1, 0.15) is 12.1 Å². The first kappa shape index (κ1) is 18.1. The minimum atomic E-state index is -0.244. The minimum Gasteiger partial charge on any atom is -0.481 e. The molecule has 4 aromatic rings. The molecule has 1 amide bonds. The Labute approximate surface area is 166 Å². The van der Waals surface area contributed by atoms with Crippen molar-refractivity contribution in [3.63, 3.8) is 0 Å². The number of aromatic nitrogens is 5. The van der Waals surface area contributed by atoms with Gasteiger partial charge in [0.2, 0.25) is 5.88 Å². The molecule has 3 aromatic heterocycles. The van der Waals surface area contributed by atoms with Crippen LogP contribution in [-0.4, -0.2) is 37.7 Å². The van der Waals surface area contributed by atoms with Gasteiger partial charge in [0.05, 0.1) is 7.11 Å². The maximum absolute atomic E-state index is 12.4. The molecular formula is C20H17N7O2. The molecule has 0 saturated carbocycles. The molecule has 144 valence electrons. The van der Waals surface area contributed by atoms with Crippen LogP contribution in [0.3, 0.4) is 0 Å². The number of amides is 1. The van der Waals surface area contributed by atoms with E-state index < -0.39 is 0 Å². The molecule has 1 aromatic carbocycles. The van der Waals surface area contributed by atoms with E-state index in [0.717, 1.165) is 5.69 Å². The molecule has 0 fully saturated rings. The van der Waals surface area contributed by atoms with Crippen LogP contribution in [0.4, 0.5) is 17.2 Å². The van der Waals surface area contributed by atoms with Crippen molar-refractivity contribution in [2.75, 3.05) is 17.7 Å². The molecule has 0 aliphatic heterocycles. The highest BCUT2D eigenvalue weighted by molar-refractivity contribution is 6.04. The smallest absolute Gasteiger partial charge is 0.255 e. The van der Waals surface area contributed by atoms with Crippen LogP contribution in [0.2, 0.25) is 0 Å². The number of pyridine rings is 1. The van der Waals surface area contributed by atoms with Crippen molar-refractivity contribution in [3.05, 3.63) is 79.0 Å². The molecule has 9 nitrogen and oxygen atoms in total. The second kappa shape index (κ2) is 8.17. The van der Waals surface area contributed by atoms with Crippen molar-refractivity contribution in [3.8, 4) is 11.7 Å². The summed E-state index contributed by atoms with van der Waals surface area (Å²) in [5.74, 6) is 1.43. The van der Waals surface area contributed by atoms with Crippen LogP contribution in [0.25, 0.3) is 5.82 Å². The van der Waals surface area contributed by atoms with Gasteiger partial charge < -0.3 is 15.4 Å². The molecule has 3 heterocycles. The number of carbonyl (C=O) groups excluding carboxylic acids is 1. The van der Waals surface area contributed by atoms with Crippen LogP contribution in [0.15, 0.2) is 73.4 Å². The topological polar surface area (TPSA) is 107 Å². The molecule has 4 rings (SSSR count). The molecule has 29 heavy (non-hydrogen) atoms. The van der Waals surface area contributed by atoms with E-state index in [1.807, 2.05) is 24.4 Å². The lowest BCUT2D eigenvalue weighted by Crippen LogP contribution is -2.12. The predicted molar refractivity (Wildman–Crippen MR) is 108 cm³/mol. The highest BCUT2D eigenvalue weighted by atomic mass is 16.5. The number of nitrogens with one attached hydrogen (secondary N) is 2. The molecule has 2 N–H and O–H groups in total. The molecule has 0 aliphatic carbocycles.